The van der Waals surface area contributed by atoms with E-state index in [-0.39, 0.29) is 5.41 Å². The standard InChI is InChI=1S/C18H29NO4/c1-8-18(5,16(20)21)19-11-13-14(22-6)9-12(17(2,3)4)10-15(13)23-7/h9-10,19H,8,11H2,1-7H3,(H,20,21)/t18-/m1/s1. The fourth-order valence-corrected chi connectivity index (χ4v) is 2.23. The highest BCUT2D eigenvalue weighted by Crippen LogP contribution is 2.35. The van der Waals surface area contributed by atoms with Crippen LogP contribution in [0.4, 0.5) is 0 Å². The fourth-order valence-electron chi connectivity index (χ4n) is 2.23. The number of aliphatic carboxylic acids is 1. The van der Waals surface area contributed by atoms with Crippen LogP contribution in [-0.2, 0) is 16.8 Å². The Balaban J connectivity index is 3.23. The quantitative estimate of drug-likeness (QED) is 0.805. The van der Waals surface area contributed by atoms with Gasteiger partial charge in [-0.3, -0.25) is 10.1 Å². The zero-order valence-corrected chi connectivity index (χ0v) is 15.2. The lowest BCUT2D eigenvalue weighted by Gasteiger charge is -2.27. The molecule has 1 atom stereocenters. The summed E-state index contributed by atoms with van der Waals surface area (Å²) in [7, 11) is 3.22. The molecule has 0 aliphatic rings. The largest absolute Gasteiger partial charge is 0.496 e. The molecule has 0 bridgehead atoms. The van der Waals surface area contributed by atoms with Crippen LogP contribution in [-0.4, -0.2) is 30.8 Å². The lowest BCUT2D eigenvalue weighted by atomic mass is 9.86. The van der Waals surface area contributed by atoms with E-state index < -0.39 is 11.5 Å². The summed E-state index contributed by atoms with van der Waals surface area (Å²) < 4.78 is 11.0. The average molecular weight is 323 g/mol. The molecule has 5 heteroatoms. The fraction of sp³-hybridized carbons (Fsp3) is 0.611. The van der Waals surface area contributed by atoms with Crippen molar-refractivity contribution in [2.45, 2.75) is 58.5 Å². The summed E-state index contributed by atoms with van der Waals surface area (Å²) in [5.74, 6) is 0.528. The third-order valence-electron chi connectivity index (χ3n) is 4.31. The predicted molar refractivity (Wildman–Crippen MR) is 91.4 cm³/mol. The van der Waals surface area contributed by atoms with Gasteiger partial charge >= 0.3 is 5.97 Å². The molecule has 0 fully saturated rings. The van der Waals surface area contributed by atoms with Crippen molar-refractivity contribution in [3.63, 3.8) is 0 Å². The maximum absolute atomic E-state index is 11.4. The maximum Gasteiger partial charge on any atom is 0.323 e. The van der Waals surface area contributed by atoms with E-state index in [0.717, 1.165) is 11.1 Å². The SMILES string of the molecule is CC[C@@](C)(NCc1c(OC)cc(C(C)(C)C)cc1OC)C(=O)O. The molecule has 0 saturated heterocycles. The summed E-state index contributed by atoms with van der Waals surface area (Å²) in [4.78, 5) is 11.4. The van der Waals surface area contributed by atoms with E-state index in [2.05, 4.69) is 26.1 Å². The molecule has 2 N–H and O–H groups in total. The predicted octanol–water partition coefficient (Wildman–Crippen LogP) is 3.34. The molecule has 0 radical (unpaired) electrons. The number of hydrogen-bond acceptors (Lipinski definition) is 4. The summed E-state index contributed by atoms with van der Waals surface area (Å²) in [6.45, 7) is 10.2. The molecule has 1 aromatic rings. The second-order valence-corrected chi connectivity index (χ2v) is 6.95. The molecule has 0 heterocycles. The second-order valence-electron chi connectivity index (χ2n) is 6.95. The number of carboxylic acid groups (broad SMARTS) is 1. The molecule has 0 aliphatic carbocycles. The molecule has 23 heavy (non-hydrogen) atoms. The van der Waals surface area contributed by atoms with Crippen molar-refractivity contribution in [2.75, 3.05) is 14.2 Å². The average Bonchev–Trinajstić information content (AvgIpc) is 2.50. The minimum absolute atomic E-state index is 0.0362. The maximum atomic E-state index is 11.4. The van der Waals surface area contributed by atoms with Gasteiger partial charge < -0.3 is 14.6 Å². The summed E-state index contributed by atoms with van der Waals surface area (Å²) in [6.07, 6.45) is 0.479. The summed E-state index contributed by atoms with van der Waals surface area (Å²) in [5.41, 5.74) is 0.903. The highest BCUT2D eigenvalue weighted by molar-refractivity contribution is 5.78. The molecule has 0 saturated carbocycles. The van der Waals surface area contributed by atoms with E-state index in [1.807, 2.05) is 19.1 Å². The van der Waals surface area contributed by atoms with Crippen LogP contribution in [0.2, 0.25) is 0 Å². The van der Waals surface area contributed by atoms with Gasteiger partial charge in [0.25, 0.3) is 0 Å². The highest BCUT2D eigenvalue weighted by atomic mass is 16.5. The van der Waals surface area contributed by atoms with E-state index in [9.17, 15) is 9.90 Å². The molecular weight excluding hydrogens is 294 g/mol. The Hall–Kier alpha value is -1.75. The minimum atomic E-state index is -0.987. The van der Waals surface area contributed by atoms with E-state index >= 15 is 0 Å². The summed E-state index contributed by atoms with van der Waals surface area (Å²) in [6, 6.07) is 3.98. The van der Waals surface area contributed by atoms with Gasteiger partial charge in [0, 0.05) is 12.1 Å². The van der Waals surface area contributed by atoms with Gasteiger partial charge in [0.1, 0.15) is 17.0 Å². The molecule has 130 valence electrons. The van der Waals surface area contributed by atoms with Gasteiger partial charge in [-0.05, 0) is 36.5 Å². The van der Waals surface area contributed by atoms with Gasteiger partial charge in [-0.25, -0.2) is 0 Å². The van der Waals surface area contributed by atoms with Crippen molar-refractivity contribution in [3.8, 4) is 11.5 Å². The topological polar surface area (TPSA) is 67.8 Å². The number of methoxy groups -OCH3 is 2. The number of carbonyl (C=O) groups is 1. The van der Waals surface area contributed by atoms with Gasteiger partial charge in [0.15, 0.2) is 0 Å². The number of benzene rings is 1. The van der Waals surface area contributed by atoms with Gasteiger partial charge in [-0.15, -0.1) is 0 Å². The first kappa shape index (κ1) is 19.3. The molecule has 0 spiro atoms. The van der Waals surface area contributed by atoms with Crippen LogP contribution in [0.15, 0.2) is 12.1 Å². The summed E-state index contributed by atoms with van der Waals surface area (Å²) >= 11 is 0. The van der Waals surface area contributed by atoms with Crippen LogP contribution in [0.25, 0.3) is 0 Å². The molecule has 0 unspecified atom stereocenters. The van der Waals surface area contributed by atoms with E-state index in [1.165, 1.54) is 0 Å². The van der Waals surface area contributed by atoms with Crippen LogP contribution >= 0.6 is 0 Å². The van der Waals surface area contributed by atoms with E-state index in [0.29, 0.717) is 24.5 Å². The first-order chi connectivity index (χ1) is 10.6. The van der Waals surface area contributed by atoms with Crippen LogP contribution in [0.5, 0.6) is 11.5 Å². The molecule has 5 nitrogen and oxygen atoms in total. The minimum Gasteiger partial charge on any atom is -0.496 e. The van der Waals surface area contributed by atoms with E-state index in [4.69, 9.17) is 9.47 Å². The summed E-state index contributed by atoms with van der Waals surface area (Å²) in [5, 5.41) is 12.5. The van der Waals surface area contributed by atoms with Crippen molar-refractivity contribution >= 4 is 5.97 Å². The number of rotatable bonds is 7. The first-order valence-electron chi connectivity index (χ1n) is 7.82. The van der Waals surface area contributed by atoms with Crippen LogP contribution < -0.4 is 14.8 Å². The van der Waals surface area contributed by atoms with Crippen LogP contribution in [0.1, 0.15) is 52.2 Å². The lowest BCUT2D eigenvalue weighted by Crippen LogP contribution is -2.48. The molecule has 0 aromatic heterocycles. The zero-order valence-electron chi connectivity index (χ0n) is 15.2. The van der Waals surface area contributed by atoms with Gasteiger partial charge in [-0.1, -0.05) is 27.7 Å². The number of nitrogens with one attached hydrogen (secondary N) is 1. The van der Waals surface area contributed by atoms with Crippen molar-refractivity contribution < 1.29 is 19.4 Å². The van der Waals surface area contributed by atoms with Crippen LogP contribution in [0, 0.1) is 0 Å². The Labute approximate surface area is 139 Å². The Morgan fingerprint density at radius 1 is 1.13 bits per heavy atom. The monoisotopic (exact) mass is 323 g/mol. The smallest absolute Gasteiger partial charge is 0.323 e. The van der Waals surface area contributed by atoms with Crippen molar-refractivity contribution in [1.82, 2.24) is 5.32 Å². The van der Waals surface area contributed by atoms with Crippen molar-refractivity contribution in [3.05, 3.63) is 23.3 Å². The van der Waals surface area contributed by atoms with Gasteiger partial charge in [0.2, 0.25) is 0 Å². The van der Waals surface area contributed by atoms with Gasteiger partial charge in [0.05, 0.1) is 14.2 Å². The zero-order chi connectivity index (χ0) is 17.8. The Kier molecular flexibility index (Phi) is 6.05. The number of hydrogen-bond donors (Lipinski definition) is 2. The highest BCUT2D eigenvalue weighted by Gasteiger charge is 2.31. The molecule has 0 aliphatic heterocycles. The van der Waals surface area contributed by atoms with E-state index in [1.54, 1.807) is 21.1 Å². The first-order valence-corrected chi connectivity index (χ1v) is 7.82. The second kappa shape index (κ2) is 7.21. The Morgan fingerprint density at radius 3 is 1.91 bits per heavy atom. The van der Waals surface area contributed by atoms with Crippen molar-refractivity contribution in [1.29, 1.82) is 0 Å². The molecular formula is C18H29NO4. The number of ether oxygens (including phenoxy) is 2. The molecule has 0 amide bonds. The van der Waals surface area contributed by atoms with Gasteiger partial charge in [-0.2, -0.15) is 0 Å². The Bertz CT molecular complexity index is 538. The number of carboxylic acids is 1. The molecule has 1 aromatic carbocycles. The third-order valence-corrected chi connectivity index (χ3v) is 4.31. The van der Waals surface area contributed by atoms with Crippen LogP contribution in [0.3, 0.4) is 0 Å². The molecule has 1 rings (SSSR count). The Morgan fingerprint density at radius 2 is 1.61 bits per heavy atom. The lowest BCUT2D eigenvalue weighted by molar-refractivity contribution is -0.144. The third kappa shape index (κ3) is 4.38. The normalized spacial score (nSPS) is 14.2. The van der Waals surface area contributed by atoms with Crippen molar-refractivity contribution in [2.24, 2.45) is 0 Å².